The normalized spacial score (nSPS) is 14.9. The van der Waals surface area contributed by atoms with E-state index in [1.54, 1.807) is 6.08 Å². The molecule has 8 heteroatoms. The number of carbonyl (C=O) groups excluding carboxylic acids is 1. The lowest BCUT2D eigenvalue weighted by Crippen LogP contribution is -2.36. The molecule has 2 heterocycles. The van der Waals surface area contributed by atoms with Gasteiger partial charge in [-0.3, -0.25) is 10.1 Å². The lowest BCUT2D eigenvalue weighted by Gasteiger charge is -2.25. The van der Waals surface area contributed by atoms with E-state index < -0.39 is 5.91 Å². The van der Waals surface area contributed by atoms with E-state index in [-0.39, 0.29) is 5.57 Å². The molecule has 1 N–H and O–H groups in total. The highest BCUT2D eigenvalue weighted by Crippen LogP contribution is 2.25. The second kappa shape index (κ2) is 8.75. The van der Waals surface area contributed by atoms with Crippen molar-refractivity contribution in [1.82, 2.24) is 10.2 Å². The van der Waals surface area contributed by atoms with E-state index >= 15 is 0 Å². The molecule has 0 bridgehead atoms. The van der Waals surface area contributed by atoms with Crippen molar-refractivity contribution in [2.45, 2.75) is 19.8 Å². The van der Waals surface area contributed by atoms with Crippen LogP contribution in [0.15, 0.2) is 29.8 Å². The van der Waals surface area contributed by atoms with E-state index in [4.69, 9.17) is 4.74 Å². The fourth-order valence-electron chi connectivity index (χ4n) is 2.61. The maximum atomic E-state index is 12.4. The third kappa shape index (κ3) is 4.90. The van der Waals surface area contributed by atoms with Crippen molar-refractivity contribution < 1.29 is 9.53 Å². The molecule has 1 aromatic carbocycles. The fraction of sp³-hybridized carbons (Fsp3) is 0.368. The first kappa shape index (κ1) is 19.0. The van der Waals surface area contributed by atoms with Crippen LogP contribution in [0, 0.1) is 11.3 Å². The van der Waals surface area contributed by atoms with Gasteiger partial charge in [0.15, 0.2) is 0 Å². The molecule has 0 unspecified atom stereocenters. The Morgan fingerprint density at radius 1 is 1.30 bits per heavy atom. The Morgan fingerprint density at radius 3 is 2.63 bits per heavy atom. The molecular formula is C19H21N5O2S. The van der Waals surface area contributed by atoms with E-state index in [2.05, 4.69) is 34.3 Å². The standard InChI is InChI=1S/C19H21N5O2S/c1-13(2)15-5-3-14(4-6-15)11-16(12-20)17(25)21-18-22-23-19(27-18)24-7-9-26-10-8-24/h3-6,11,13H,7-10H2,1-2H3,(H,21,22,25)/b16-11-. The Morgan fingerprint density at radius 2 is 2.00 bits per heavy atom. The van der Waals surface area contributed by atoms with E-state index in [1.165, 1.54) is 16.9 Å². The zero-order valence-corrected chi connectivity index (χ0v) is 16.1. The van der Waals surface area contributed by atoms with Gasteiger partial charge in [-0.15, -0.1) is 10.2 Å². The molecule has 0 aliphatic carbocycles. The number of hydrogen-bond acceptors (Lipinski definition) is 7. The van der Waals surface area contributed by atoms with Crippen molar-refractivity contribution in [3.8, 4) is 6.07 Å². The summed E-state index contributed by atoms with van der Waals surface area (Å²) in [5, 5.41) is 21.2. The number of ether oxygens (including phenoxy) is 1. The maximum absolute atomic E-state index is 12.4. The number of morpholine rings is 1. The zero-order valence-electron chi connectivity index (χ0n) is 15.3. The van der Waals surface area contributed by atoms with Crippen LogP contribution < -0.4 is 10.2 Å². The van der Waals surface area contributed by atoms with Gasteiger partial charge in [-0.2, -0.15) is 5.26 Å². The molecule has 140 valence electrons. The molecule has 1 fully saturated rings. The van der Waals surface area contributed by atoms with Gasteiger partial charge < -0.3 is 9.64 Å². The monoisotopic (exact) mass is 383 g/mol. The van der Waals surface area contributed by atoms with Crippen LogP contribution in [0.4, 0.5) is 10.3 Å². The molecule has 0 saturated carbocycles. The molecule has 0 radical (unpaired) electrons. The summed E-state index contributed by atoms with van der Waals surface area (Å²) in [6.07, 6.45) is 1.57. The molecule has 1 aromatic heterocycles. The predicted molar refractivity (Wildman–Crippen MR) is 106 cm³/mol. The Balaban J connectivity index is 1.68. The van der Waals surface area contributed by atoms with Crippen LogP contribution in [-0.4, -0.2) is 42.4 Å². The van der Waals surface area contributed by atoms with Gasteiger partial charge in [0.2, 0.25) is 10.3 Å². The van der Waals surface area contributed by atoms with Gasteiger partial charge >= 0.3 is 0 Å². The van der Waals surface area contributed by atoms with Crippen LogP contribution in [0.3, 0.4) is 0 Å². The number of amides is 1. The molecule has 3 rings (SSSR count). The van der Waals surface area contributed by atoms with Gasteiger partial charge in [-0.25, -0.2) is 0 Å². The summed E-state index contributed by atoms with van der Waals surface area (Å²) < 4.78 is 5.32. The Hall–Kier alpha value is -2.76. The molecule has 1 aliphatic heterocycles. The molecule has 7 nitrogen and oxygen atoms in total. The second-order valence-corrected chi connectivity index (χ2v) is 7.39. The smallest absolute Gasteiger partial charge is 0.268 e. The Labute approximate surface area is 162 Å². The summed E-state index contributed by atoms with van der Waals surface area (Å²) >= 11 is 1.29. The first-order valence-corrected chi connectivity index (χ1v) is 9.58. The van der Waals surface area contributed by atoms with Gasteiger partial charge in [-0.05, 0) is 23.1 Å². The minimum atomic E-state index is -0.491. The highest BCUT2D eigenvalue weighted by atomic mass is 32.1. The van der Waals surface area contributed by atoms with Crippen molar-refractivity contribution in [2.75, 3.05) is 36.5 Å². The first-order valence-electron chi connectivity index (χ1n) is 8.76. The zero-order chi connectivity index (χ0) is 19.2. The third-order valence-electron chi connectivity index (χ3n) is 4.20. The van der Waals surface area contributed by atoms with Crippen LogP contribution in [0.5, 0.6) is 0 Å². The first-order chi connectivity index (χ1) is 13.1. The highest BCUT2D eigenvalue weighted by Gasteiger charge is 2.18. The number of nitriles is 1. The molecular weight excluding hydrogens is 362 g/mol. The molecule has 1 aliphatic rings. The van der Waals surface area contributed by atoms with E-state index in [0.717, 1.165) is 23.8 Å². The number of anilines is 2. The predicted octanol–water partition coefficient (Wildman–Crippen LogP) is 3.04. The average molecular weight is 383 g/mol. The minimum absolute atomic E-state index is 0.0235. The summed E-state index contributed by atoms with van der Waals surface area (Å²) in [7, 11) is 0. The largest absolute Gasteiger partial charge is 0.378 e. The van der Waals surface area contributed by atoms with Gasteiger partial charge in [0.25, 0.3) is 5.91 Å². The lowest BCUT2D eigenvalue weighted by atomic mass is 10.0. The van der Waals surface area contributed by atoms with Crippen molar-refractivity contribution >= 4 is 33.6 Å². The van der Waals surface area contributed by atoms with Crippen molar-refractivity contribution in [1.29, 1.82) is 5.26 Å². The third-order valence-corrected chi connectivity index (χ3v) is 5.10. The summed E-state index contributed by atoms with van der Waals surface area (Å²) in [5.74, 6) is -0.0602. The number of carbonyl (C=O) groups is 1. The SMILES string of the molecule is CC(C)c1ccc(/C=C(/C#N)C(=O)Nc2nnc(N3CCOCC3)s2)cc1. The number of nitrogens with zero attached hydrogens (tertiary/aromatic N) is 4. The average Bonchev–Trinajstić information content (AvgIpc) is 3.15. The number of rotatable bonds is 5. The second-order valence-electron chi connectivity index (χ2n) is 6.43. The quantitative estimate of drug-likeness (QED) is 0.630. The fourth-order valence-corrected chi connectivity index (χ4v) is 3.40. The van der Waals surface area contributed by atoms with Gasteiger partial charge in [0.1, 0.15) is 11.6 Å². The van der Waals surface area contributed by atoms with E-state index in [1.807, 2.05) is 30.3 Å². The van der Waals surface area contributed by atoms with Crippen LogP contribution in [0.1, 0.15) is 30.9 Å². The number of nitrogens with one attached hydrogen (secondary N) is 1. The van der Waals surface area contributed by atoms with Crippen molar-refractivity contribution in [2.24, 2.45) is 0 Å². The van der Waals surface area contributed by atoms with Gasteiger partial charge in [0, 0.05) is 13.1 Å². The van der Waals surface area contributed by atoms with Crippen molar-refractivity contribution in [3.05, 3.63) is 41.0 Å². The van der Waals surface area contributed by atoms with E-state index in [9.17, 15) is 10.1 Å². The van der Waals surface area contributed by atoms with Crippen LogP contribution in [0.25, 0.3) is 6.08 Å². The Kier molecular flexibility index (Phi) is 6.16. The number of hydrogen-bond donors (Lipinski definition) is 1. The lowest BCUT2D eigenvalue weighted by molar-refractivity contribution is -0.112. The molecule has 2 aromatic rings. The van der Waals surface area contributed by atoms with E-state index in [0.29, 0.717) is 24.3 Å². The maximum Gasteiger partial charge on any atom is 0.268 e. The van der Waals surface area contributed by atoms with Gasteiger partial charge in [0.05, 0.1) is 13.2 Å². The van der Waals surface area contributed by atoms with Crippen LogP contribution in [-0.2, 0) is 9.53 Å². The summed E-state index contributed by atoms with van der Waals surface area (Å²) in [6.45, 7) is 7.03. The summed E-state index contributed by atoms with van der Waals surface area (Å²) in [6, 6.07) is 9.77. The summed E-state index contributed by atoms with van der Waals surface area (Å²) in [5.41, 5.74) is 2.03. The Bertz CT molecular complexity index is 861. The molecule has 0 spiro atoms. The molecule has 1 amide bonds. The number of aromatic nitrogens is 2. The number of benzene rings is 1. The summed E-state index contributed by atoms with van der Waals surface area (Å²) in [4.78, 5) is 14.5. The minimum Gasteiger partial charge on any atom is -0.378 e. The van der Waals surface area contributed by atoms with Crippen molar-refractivity contribution in [3.63, 3.8) is 0 Å². The van der Waals surface area contributed by atoms with Crippen LogP contribution in [0.2, 0.25) is 0 Å². The van der Waals surface area contributed by atoms with Crippen LogP contribution >= 0.6 is 11.3 Å². The topological polar surface area (TPSA) is 91.1 Å². The molecule has 1 saturated heterocycles. The van der Waals surface area contributed by atoms with Gasteiger partial charge in [-0.1, -0.05) is 49.4 Å². The molecule has 27 heavy (non-hydrogen) atoms. The molecule has 0 atom stereocenters. The highest BCUT2D eigenvalue weighted by molar-refractivity contribution is 7.19.